The van der Waals surface area contributed by atoms with Gasteiger partial charge in [0.25, 0.3) is 0 Å². The van der Waals surface area contributed by atoms with Crippen LogP contribution in [-0.2, 0) is 19.2 Å². The highest BCUT2D eigenvalue weighted by Gasteiger charge is 2.17. The second kappa shape index (κ2) is 28.0. The number of amides is 4. The van der Waals surface area contributed by atoms with Gasteiger partial charge >= 0.3 is 0 Å². The van der Waals surface area contributed by atoms with Crippen LogP contribution < -0.4 is 10.6 Å². The van der Waals surface area contributed by atoms with Crippen molar-refractivity contribution in [3.63, 3.8) is 0 Å². The fourth-order valence-corrected chi connectivity index (χ4v) is 4.79. The molecule has 0 heterocycles. The summed E-state index contributed by atoms with van der Waals surface area (Å²) in [7, 11) is 0. The molecule has 0 aliphatic carbocycles. The SMILES string of the molecule is CCCCCC(=O)NCCCN(CCCN(CCCNC(=O)CCCCC)C(=O)CCCCC)C(=O)CCCCC. The number of hydrogen-bond acceptors (Lipinski definition) is 4. The van der Waals surface area contributed by atoms with Crippen molar-refractivity contribution in [3.8, 4) is 0 Å². The van der Waals surface area contributed by atoms with Crippen LogP contribution in [-0.4, -0.2) is 72.7 Å². The summed E-state index contributed by atoms with van der Waals surface area (Å²) in [6.07, 6.45) is 16.6. The van der Waals surface area contributed by atoms with Crippen LogP contribution in [0.25, 0.3) is 0 Å². The largest absolute Gasteiger partial charge is 0.356 e. The highest BCUT2D eigenvalue weighted by atomic mass is 16.2. The topological polar surface area (TPSA) is 98.8 Å². The summed E-state index contributed by atoms with van der Waals surface area (Å²) < 4.78 is 0. The first kappa shape index (κ1) is 38.9. The predicted octanol–water partition coefficient (Wildman–Crippen LogP) is 6.37. The van der Waals surface area contributed by atoms with E-state index in [4.69, 9.17) is 0 Å². The van der Waals surface area contributed by atoms with Crippen molar-refractivity contribution in [2.45, 2.75) is 150 Å². The molecule has 41 heavy (non-hydrogen) atoms. The second-order valence-corrected chi connectivity index (χ2v) is 11.4. The highest BCUT2D eigenvalue weighted by Crippen LogP contribution is 2.09. The second-order valence-electron chi connectivity index (χ2n) is 11.4. The molecule has 0 rings (SSSR count). The van der Waals surface area contributed by atoms with Gasteiger partial charge in [-0.25, -0.2) is 0 Å². The summed E-state index contributed by atoms with van der Waals surface area (Å²) in [4.78, 5) is 53.9. The van der Waals surface area contributed by atoms with E-state index in [0.29, 0.717) is 65.0 Å². The van der Waals surface area contributed by atoms with Crippen molar-refractivity contribution >= 4 is 23.6 Å². The minimum absolute atomic E-state index is 0.0913. The predicted molar refractivity (Wildman–Crippen MR) is 170 cm³/mol. The van der Waals surface area contributed by atoms with Gasteiger partial charge in [-0.15, -0.1) is 0 Å². The summed E-state index contributed by atoms with van der Waals surface area (Å²) >= 11 is 0. The molecule has 0 unspecified atom stereocenters. The lowest BCUT2D eigenvalue weighted by Gasteiger charge is -2.27. The van der Waals surface area contributed by atoms with Crippen molar-refractivity contribution in [1.82, 2.24) is 20.4 Å². The number of hydrogen-bond donors (Lipinski definition) is 2. The van der Waals surface area contributed by atoms with E-state index >= 15 is 0 Å². The maximum Gasteiger partial charge on any atom is 0.222 e. The zero-order valence-corrected chi connectivity index (χ0v) is 27.2. The van der Waals surface area contributed by atoms with Crippen LogP contribution in [0.3, 0.4) is 0 Å². The molecule has 240 valence electrons. The van der Waals surface area contributed by atoms with E-state index in [1.807, 2.05) is 9.80 Å². The molecule has 0 fully saturated rings. The summed E-state index contributed by atoms with van der Waals surface area (Å²) in [5, 5.41) is 5.99. The molecular weight excluding hydrogens is 516 g/mol. The Morgan fingerprint density at radius 2 is 0.732 bits per heavy atom. The monoisotopic (exact) mass is 580 g/mol. The quantitative estimate of drug-likeness (QED) is 0.105. The lowest BCUT2D eigenvalue weighted by atomic mass is 10.1. The zero-order chi connectivity index (χ0) is 30.6. The Balaban J connectivity index is 4.84. The fraction of sp³-hybridized carbons (Fsp3) is 0.879. The van der Waals surface area contributed by atoms with Gasteiger partial charge in [0.15, 0.2) is 0 Å². The summed E-state index contributed by atoms with van der Waals surface area (Å²) in [5.74, 6) is 0.515. The minimum atomic E-state index is 0.0913. The van der Waals surface area contributed by atoms with Gasteiger partial charge in [0.2, 0.25) is 23.6 Å². The third-order valence-electron chi connectivity index (χ3n) is 7.42. The maximum absolute atomic E-state index is 13.0. The van der Waals surface area contributed by atoms with Gasteiger partial charge in [-0.1, -0.05) is 79.1 Å². The van der Waals surface area contributed by atoms with Gasteiger partial charge in [0.05, 0.1) is 0 Å². The molecule has 0 radical (unpaired) electrons. The number of rotatable bonds is 28. The number of carbonyl (C=O) groups is 4. The van der Waals surface area contributed by atoms with Crippen LogP contribution in [0.15, 0.2) is 0 Å². The van der Waals surface area contributed by atoms with Crippen LogP contribution in [0.2, 0.25) is 0 Å². The van der Waals surface area contributed by atoms with Crippen molar-refractivity contribution in [2.75, 3.05) is 39.3 Å². The molecule has 2 N–H and O–H groups in total. The van der Waals surface area contributed by atoms with E-state index in [9.17, 15) is 19.2 Å². The molecule has 0 saturated carbocycles. The minimum Gasteiger partial charge on any atom is -0.356 e. The first-order chi connectivity index (χ1) is 19.9. The average molecular weight is 581 g/mol. The van der Waals surface area contributed by atoms with Crippen molar-refractivity contribution in [3.05, 3.63) is 0 Å². The fourth-order valence-electron chi connectivity index (χ4n) is 4.79. The first-order valence-corrected chi connectivity index (χ1v) is 17.0. The van der Waals surface area contributed by atoms with E-state index < -0.39 is 0 Å². The molecule has 8 heteroatoms. The summed E-state index contributed by atoms with van der Waals surface area (Å²) in [6.45, 7) is 12.1. The Kier molecular flexibility index (Phi) is 26.6. The lowest BCUT2D eigenvalue weighted by molar-refractivity contribution is -0.132. The Morgan fingerprint density at radius 3 is 1.07 bits per heavy atom. The normalized spacial score (nSPS) is 10.8. The van der Waals surface area contributed by atoms with Crippen LogP contribution in [0, 0.1) is 0 Å². The van der Waals surface area contributed by atoms with Gasteiger partial charge in [-0.2, -0.15) is 0 Å². The molecule has 0 aromatic rings. The van der Waals surface area contributed by atoms with Gasteiger partial charge in [0, 0.05) is 65.0 Å². The van der Waals surface area contributed by atoms with Crippen molar-refractivity contribution in [1.29, 1.82) is 0 Å². The van der Waals surface area contributed by atoms with Gasteiger partial charge in [-0.3, -0.25) is 19.2 Å². The highest BCUT2D eigenvalue weighted by molar-refractivity contribution is 5.77. The lowest BCUT2D eigenvalue weighted by Crippen LogP contribution is -2.39. The molecule has 8 nitrogen and oxygen atoms in total. The van der Waals surface area contributed by atoms with Crippen molar-refractivity contribution < 1.29 is 19.2 Å². The maximum atomic E-state index is 13.0. The molecule has 0 spiro atoms. The molecule has 0 aliphatic rings. The van der Waals surface area contributed by atoms with E-state index in [1.165, 1.54) is 0 Å². The molecule has 0 aromatic carbocycles. The Morgan fingerprint density at radius 1 is 0.415 bits per heavy atom. The average Bonchev–Trinajstić information content (AvgIpc) is 2.95. The number of carbonyl (C=O) groups excluding carboxylic acids is 4. The molecule has 0 bridgehead atoms. The molecule has 0 aromatic heterocycles. The van der Waals surface area contributed by atoms with Crippen LogP contribution in [0.5, 0.6) is 0 Å². The summed E-state index contributed by atoms with van der Waals surface area (Å²) in [6, 6.07) is 0. The first-order valence-electron chi connectivity index (χ1n) is 17.0. The Bertz CT molecular complexity index is 630. The van der Waals surface area contributed by atoms with E-state index in [-0.39, 0.29) is 23.6 Å². The zero-order valence-electron chi connectivity index (χ0n) is 27.2. The standard InChI is InChI=1S/C33H64N4O4/c1-5-9-13-20-30(38)34-24-17-26-36(32(40)22-15-11-7-3)28-19-29-37(33(41)23-16-12-8-4)27-18-25-35-31(39)21-14-10-6-2/h5-29H2,1-4H3,(H,34,38)(H,35,39). The van der Waals surface area contributed by atoms with Gasteiger partial charge in [-0.05, 0) is 44.9 Å². The third kappa shape index (κ3) is 23.2. The van der Waals surface area contributed by atoms with Crippen molar-refractivity contribution in [2.24, 2.45) is 0 Å². The van der Waals surface area contributed by atoms with E-state index in [0.717, 1.165) is 96.3 Å². The van der Waals surface area contributed by atoms with E-state index in [1.54, 1.807) is 0 Å². The Labute approximate surface area is 252 Å². The molecular formula is C33H64N4O4. The van der Waals surface area contributed by atoms with Crippen LogP contribution in [0.1, 0.15) is 150 Å². The van der Waals surface area contributed by atoms with Crippen LogP contribution >= 0.6 is 0 Å². The van der Waals surface area contributed by atoms with Gasteiger partial charge < -0.3 is 20.4 Å². The summed E-state index contributed by atoms with van der Waals surface area (Å²) in [5.41, 5.74) is 0. The van der Waals surface area contributed by atoms with Gasteiger partial charge in [0.1, 0.15) is 0 Å². The Hall–Kier alpha value is -2.12. The number of unbranched alkanes of at least 4 members (excludes halogenated alkanes) is 8. The number of nitrogens with zero attached hydrogens (tertiary/aromatic N) is 2. The molecule has 0 saturated heterocycles. The molecule has 0 atom stereocenters. The number of nitrogens with one attached hydrogen (secondary N) is 2. The smallest absolute Gasteiger partial charge is 0.222 e. The molecule has 4 amide bonds. The molecule has 0 aliphatic heterocycles. The van der Waals surface area contributed by atoms with E-state index in [2.05, 4.69) is 38.3 Å². The van der Waals surface area contributed by atoms with Crippen LogP contribution in [0.4, 0.5) is 0 Å². The third-order valence-corrected chi connectivity index (χ3v) is 7.42.